The van der Waals surface area contributed by atoms with Gasteiger partial charge in [0.1, 0.15) is 5.60 Å². The molecular formula is C25H47N5O2. The average Bonchev–Trinajstić information content (AvgIpc) is 3.58. The fourth-order valence-electron chi connectivity index (χ4n) is 4.89. The smallest absolute Gasteiger partial charge is 0.410 e. The lowest BCUT2D eigenvalue weighted by Crippen LogP contribution is -2.52. The molecule has 0 spiro atoms. The van der Waals surface area contributed by atoms with Crippen LogP contribution in [-0.4, -0.2) is 90.8 Å². The highest BCUT2D eigenvalue weighted by atomic mass is 16.6. The van der Waals surface area contributed by atoms with Gasteiger partial charge in [-0.3, -0.25) is 4.99 Å². The number of guanidine groups is 1. The molecule has 1 atom stereocenters. The van der Waals surface area contributed by atoms with Crippen LogP contribution in [0.4, 0.5) is 4.79 Å². The molecule has 3 aliphatic rings. The lowest BCUT2D eigenvalue weighted by molar-refractivity contribution is 0.00928. The largest absolute Gasteiger partial charge is 0.444 e. The standard InChI is InChI=1S/C25H47N5O2/c1-6-26-23(27-17-21-9-8-14-28(7-2)18-21)29-15-12-22(13-16-29)30(19-20-10-11-20)24(31)32-25(3,4)5/h20-22H,6-19H2,1-5H3,(H,26,27). The van der Waals surface area contributed by atoms with Gasteiger partial charge in [0.25, 0.3) is 0 Å². The number of carbonyl (C=O) groups excluding carboxylic acids is 1. The van der Waals surface area contributed by atoms with Crippen molar-refractivity contribution in [3.8, 4) is 0 Å². The highest BCUT2D eigenvalue weighted by Gasteiger charge is 2.35. The second-order valence-electron chi connectivity index (χ2n) is 10.9. The zero-order chi connectivity index (χ0) is 23.1. The third kappa shape index (κ3) is 7.82. The van der Waals surface area contributed by atoms with Gasteiger partial charge in [0, 0.05) is 45.3 Å². The quantitative estimate of drug-likeness (QED) is 0.473. The van der Waals surface area contributed by atoms with Gasteiger partial charge in [-0.15, -0.1) is 0 Å². The molecule has 0 aromatic carbocycles. The molecule has 1 unspecified atom stereocenters. The molecule has 1 amide bonds. The number of rotatable bonds is 7. The topological polar surface area (TPSA) is 60.4 Å². The van der Waals surface area contributed by atoms with Gasteiger partial charge in [-0.2, -0.15) is 0 Å². The number of ether oxygens (including phenoxy) is 1. The van der Waals surface area contributed by atoms with E-state index in [0.717, 1.165) is 58.1 Å². The Morgan fingerprint density at radius 2 is 1.78 bits per heavy atom. The fourth-order valence-corrected chi connectivity index (χ4v) is 4.89. The van der Waals surface area contributed by atoms with Gasteiger partial charge in [0.2, 0.25) is 0 Å². The molecule has 2 aliphatic heterocycles. The summed E-state index contributed by atoms with van der Waals surface area (Å²) >= 11 is 0. The molecule has 3 fully saturated rings. The molecule has 1 saturated carbocycles. The van der Waals surface area contributed by atoms with Crippen LogP contribution in [0.5, 0.6) is 0 Å². The first kappa shape index (κ1) is 25.1. The van der Waals surface area contributed by atoms with E-state index in [9.17, 15) is 4.79 Å². The highest BCUT2D eigenvalue weighted by molar-refractivity contribution is 5.80. The summed E-state index contributed by atoms with van der Waals surface area (Å²) < 4.78 is 5.75. The van der Waals surface area contributed by atoms with Crippen LogP contribution in [0.15, 0.2) is 4.99 Å². The molecule has 0 aromatic rings. The van der Waals surface area contributed by atoms with Gasteiger partial charge in [-0.1, -0.05) is 6.92 Å². The summed E-state index contributed by atoms with van der Waals surface area (Å²) in [5, 5.41) is 3.51. The molecule has 0 bridgehead atoms. The summed E-state index contributed by atoms with van der Waals surface area (Å²) in [7, 11) is 0. The van der Waals surface area contributed by atoms with Crippen molar-refractivity contribution < 1.29 is 9.53 Å². The minimum Gasteiger partial charge on any atom is -0.444 e. The summed E-state index contributed by atoms with van der Waals surface area (Å²) in [5.41, 5.74) is -0.447. The van der Waals surface area contributed by atoms with Gasteiger partial charge < -0.3 is 24.8 Å². The van der Waals surface area contributed by atoms with Gasteiger partial charge in [-0.25, -0.2) is 4.79 Å². The lowest BCUT2D eigenvalue weighted by atomic mass is 9.98. The van der Waals surface area contributed by atoms with Gasteiger partial charge >= 0.3 is 6.09 Å². The van der Waals surface area contributed by atoms with Crippen molar-refractivity contribution in [2.24, 2.45) is 16.8 Å². The van der Waals surface area contributed by atoms with Gasteiger partial charge in [-0.05, 0) is 91.1 Å². The third-order valence-electron chi connectivity index (χ3n) is 6.87. The molecule has 1 N–H and O–H groups in total. The molecule has 1 aliphatic carbocycles. The molecular weight excluding hydrogens is 402 g/mol. The van der Waals surface area contributed by atoms with E-state index in [0.29, 0.717) is 11.8 Å². The van der Waals surface area contributed by atoms with Crippen LogP contribution >= 0.6 is 0 Å². The Bertz CT molecular complexity index is 620. The molecule has 2 heterocycles. The highest BCUT2D eigenvalue weighted by Crippen LogP contribution is 2.32. The van der Waals surface area contributed by atoms with Crippen LogP contribution in [0.3, 0.4) is 0 Å². The second kappa shape index (κ2) is 11.6. The molecule has 3 rings (SSSR count). The molecule has 32 heavy (non-hydrogen) atoms. The number of hydrogen-bond donors (Lipinski definition) is 1. The van der Waals surface area contributed by atoms with Crippen molar-refractivity contribution >= 4 is 12.1 Å². The van der Waals surface area contributed by atoms with Crippen LogP contribution in [0.25, 0.3) is 0 Å². The average molecular weight is 450 g/mol. The predicted molar refractivity (Wildman–Crippen MR) is 131 cm³/mol. The van der Waals surface area contributed by atoms with Crippen LogP contribution in [0, 0.1) is 11.8 Å². The number of aliphatic imine (C=N–C) groups is 1. The normalized spacial score (nSPS) is 23.8. The molecule has 0 aromatic heterocycles. The Balaban J connectivity index is 1.56. The zero-order valence-corrected chi connectivity index (χ0v) is 21.2. The zero-order valence-electron chi connectivity index (χ0n) is 21.2. The van der Waals surface area contributed by atoms with E-state index in [-0.39, 0.29) is 12.1 Å². The summed E-state index contributed by atoms with van der Waals surface area (Å²) in [6.07, 6.45) is 6.87. The molecule has 0 radical (unpaired) electrons. The number of carbonyl (C=O) groups is 1. The molecule has 184 valence electrons. The summed E-state index contributed by atoms with van der Waals surface area (Å²) in [5.74, 6) is 2.37. The lowest BCUT2D eigenvalue weighted by Gasteiger charge is -2.40. The van der Waals surface area contributed by atoms with Crippen molar-refractivity contribution in [3.63, 3.8) is 0 Å². The van der Waals surface area contributed by atoms with E-state index in [1.165, 1.54) is 38.8 Å². The Morgan fingerprint density at radius 1 is 1.06 bits per heavy atom. The minimum absolute atomic E-state index is 0.138. The summed E-state index contributed by atoms with van der Waals surface area (Å²) in [6, 6.07) is 0.265. The van der Waals surface area contributed by atoms with Crippen LogP contribution < -0.4 is 5.32 Å². The van der Waals surface area contributed by atoms with Crippen molar-refractivity contribution in [1.82, 2.24) is 20.0 Å². The first-order valence-corrected chi connectivity index (χ1v) is 13.0. The fraction of sp³-hybridized carbons (Fsp3) is 0.920. The van der Waals surface area contributed by atoms with Crippen molar-refractivity contribution in [3.05, 3.63) is 0 Å². The maximum Gasteiger partial charge on any atom is 0.410 e. The summed E-state index contributed by atoms with van der Waals surface area (Å²) in [4.78, 5) is 24.9. The van der Waals surface area contributed by atoms with E-state index >= 15 is 0 Å². The first-order valence-electron chi connectivity index (χ1n) is 13.0. The van der Waals surface area contributed by atoms with Crippen LogP contribution in [0.1, 0.15) is 73.1 Å². The minimum atomic E-state index is -0.447. The Labute approximate surface area is 195 Å². The van der Waals surface area contributed by atoms with Crippen LogP contribution in [0.2, 0.25) is 0 Å². The maximum absolute atomic E-state index is 12.9. The van der Waals surface area contributed by atoms with E-state index < -0.39 is 5.60 Å². The Kier molecular flexibility index (Phi) is 9.09. The number of hydrogen-bond acceptors (Lipinski definition) is 4. The molecule has 7 nitrogen and oxygen atoms in total. The Hall–Kier alpha value is -1.50. The molecule has 2 saturated heterocycles. The number of likely N-dealkylation sites (tertiary alicyclic amines) is 2. The summed E-state index contributed by atoms with van der Waals surface area (Å²) in [6.45, 7) is 18.3. The Morgan fingerprint density at radius 3 is 2.38 bits per heavy atom. The van der Waals surface area contributed by atoms with E-state index in [1.807, 2.05) is 25.7 Å². The first-order chi connectivity index (χ1) is 15.3. The van der Waals surface area contributed by atoms with Crippen molar-refractivity contribution in [2.75, 3.05) is 52.4 Å². The second-order valence-corrected chi connectivity index (χ2v) is 10.9. The predicted octanol–water partition coefficient (Wildman–Crippen LogP) is 3.80. The van der Waals surface area contributed by atoms with Gasteiger partial charge in [0.05, 0.1) is 0 Å². The van der Waals surface area contributed by atoms with E-state index in [2.05, 4.69) is 29.0 Å². The number of piperidine rings is 2. The maximum atomic E-state index is 12.9. The third-order valence-corrected chi connectivity index (χ3v) is 6.87. The van der Waals surface area contributed by atoms with E-state index in [1.54, 1.807) is 0 Å². The number of amides is 1. The van der Waals surface area contributed by atoms with Gasteiger partial charge in [0.15, 0.2) is 5.96 Å². The SMILES string of the molecule is CCNC(=NCC1CCCN(CC)C1)N1CCC(N(CC2CC2)C(=O)OC(C)(C)C)CC1. The van der Waals surface area contributed by atoms with E-state index in [4.69, 9.17) is 9.73 Å². The van der Waals surface area contributed by atoms with Crippen LogP contribution in [-0.2, 0) is 4.74 Å². The molecule has 7 heteroatoms. The van der Waals surface area contributed by atoms with Crippen molar-refractivity contribution in [2.45, 2.75) is 84.8 Å². The number of nitrogens with one attached hydrogen (secondary N) is 1. The van der Waals surface area contributed by atoms with Crippen molar-refractivity contribution in [1.29, 1.82) is 0 Å². The number of nitrogens with zero attached hydrogens (tertiary/aromatic N) is 4. The monoisotopic (exact) mass is 449 g/mol.